The third kappa shape index (κ3) is 3.52. The van der Waals surface area contributed by atoms with Crippen molar-refractivity contribution in [2.45, 2.75) is 25.1 Å². The van der Waals surface area contributed by atoms with Crippen LogP contribution in [0.2, 0.25) is 0 Å². The zero-order chi connectivity index (χ0) is 12.1. The van der Waals surface area contributed by atoms with Gasteiger partial charge in [0, 0.05) is 4.47 Å². The average molecular weight is 302 g/mol. The Hall–Kier alpha value is -0.480. The molecule has 1 amide bonds. The van der Waals surface area contributed by atoms with E-state index in [2.05, 4.69) is 21.2 Å². The highest BCUT2D eigenvalue weighted by atomic mass is 79.9. The Morgan fingerprint density at radius 1 is 1.38 bits per heavy atom. The smallest absolute Gasteiger partial charge is 0.233 e. The van der Waals surface area contributed by atoms with E-state index in [1.165, 1.54) is 0 Å². The minimum Gasteiger partial charge on any atom is -0.349 e. The van der Waals surface area contributed by atoms with E-state index in [-0.39, 0.29) is 17.2 Å². The maximum absolute atomic E-state index is 11.7. The van der Waals surface area contributed by atoms with Crippen molar-refractivity contribution < 1.29 is 4.79 Å². The van der Waals surface area contributed by atoms with Crippen LogP contribution in [0.25, 0.3) is 0 Å². The van der Waals surface area contributed by atoms with E-state index < -0.39 is 0 Å². The number of thioether (sulfide) groups is 1. The molecule has 1 aromatic rings. The molecule has 0 heterocycles. The highest BCUT2D eigenvalue weighted by Crippen LogP contribution is 2.23. The lowest BCUT2D eigenvalue weighted by Gasteiger charge is -2.17. The molecule has 0 bridgehead atoms. The van der Waals surface area contributed by atoms with E-state index in [0.29, 0.717) is 0 Å². The molecule has 0 aromatic heterocycles. The largest absolute Gasteiger partial charge is 0.349 e. The predicted molar refractivity (Wildman–Crippen MR) is 73.7 cm³/mol. The first-order chi connectivity index (χ1) is 7.56. The van der Waals surface area contributed by atoms with Crippen LogP contribution in [0.4, 0.5) is 0 Å². The van der Waals surface area contributed by atoms with Gasteiger partial charge >= 0.3 is 0 Å². The van der Waals surface area contributed by atoms with Crippen molar-refractivity contribution in [3.05, 3.63) is 34.3 Å². The monoisotopic (exact) mass is 301 g/mol. The van der Waals surface area contributed by atoms with E-state index in [1.54, 1.807) is 11.8 Å². The number of nitrogens with one attached hydrogen (secondary N) is 1. The molecule has 1 aromatic carbocycles. The summed E-state index contributed by atoms with van der Waals surface area (Å²) >= 11 is 5.03. The Balaban J connectivity index is 2.69. The number of rotatable bonds is 4. The van der Waals surface area contributed by atoms with Gasteiger partial charge in [-0.15, -0.1) is 0 Å². The van der Waals surface area contributed by atoms with E-state index in [4.69, 9.17) is 0 Å². The second-order valence-electron chi connectivity index (χ2n) is 3.63. The molecule has 2 unspecified atom stereocenters. The molecule has 2 nitrogen and oxygen atoms in total. The molecule has 0 saturated heterocycles. The molecule has 0 spiro atoms. The molecule has 0 fully saturated rings. The Bertz CT molecular complexity index is 370. The minimum absolute atomic E-state index is 0.00932. The molecule has 0 aliphatic carbocycles. The van der Waals surface area contributed by atoms with Gasteiger partial charge in [-0.25, -0.2) is 0 Å². The van der Waals surface area contributed by atoms with Gasteiger partial charge in [-0.3, -0.25) is 4.79 Å². The number of hydrogen-bond acceptors (Lipinski definition) is 2. The fraction of sp³-hybridized carbons (Fsp3) is 0.417. The molecule has 0 aliphatic heterocycles. The van der Waals surface area contributed by atoms with Crippen molar-refractivity contribution in [3.8, 4) is 0 Å². The van der Waals surface area contributed by atoms with Crippen molar-refractivity contribution in [3.63, 3.8) is 0 Å². The maximum atomic E-state index is 11.7. The minimum atomic E-state index is -0.00932. The van der Waals surface area contributed by atoms with Crippen LogP contribution >= 0.6 is 27.7 Å². The van der Waals surface area contributed by atoms with Gasteiger partial charge in [-0.05, 0) is 31.7 Å². The van der Waals surface area contributed by atoms with Crippen LogP contribution in [-0.4, -0.2) is 17.4 Å². The summed E-state index contributed by atoms with van der Waals surface area (Å²) in [5.74, 6) is 0.0794. The maximum Gasteiger partial charge on any atom is 0.233 e. The lowest BCUT2D eigenvalue weighted by molar-refractivity contribution is -0.120. The number of benzene rings is 1. The average Bonchev–Trinajstić information content (AvgIpc) is 2.28. The van der Waals surface area contributed by atoms with E-state index in [0.717, 1.165) is 10.0 Å². The second-order valence-corrected chi connectivity index (χ2v) is 5.66. The van der Waals surface area contributed by atoms with Crippen molar-refractivity contribution in [1.82, 2.24) is 5.32 Å². The first-order valence-corrected chi connectivity index (χ1v) is 7.22. The van der Waals surface area contributed by atoms with Gasteiger partial charge in [0.2, 0.25) is 5.91 Å². The van der Waals surface area contributed by atoms with Gasteiger partial charge in [0.15, 0.2) is 0 Å². The van der Waals surface area contributed by atoms with Gasteiger partial charge in [0.05, 0.1) is 11.3 Å². The van der Waals surface area contributed by atoms with Gasteiger partial charge in [0.1, 0.15) is 0 Å². The molecule has 1 rings (SSSR count). The predicted octanol–water partition coefficient (Wildman–Crippen LogP) is 3.38. The first kappa shape index (κ1) is 13.6. The molecule has 4 heteroatoms. The third-order valence-corrected chi connectivity index (χ3v) is 4.10. The van der Waals surface area contributed by atoms with Crippen LogP contribution < -0.4 is 5.32 Å². The summed E-state index contributed by atoms with van der Waals surface area (Å²) in [6, 6.07) is 7.96. The number of halogens is 1. The third-order valence-electron chi connectivity index (χ3n) is 2.45. The zero-order valence-corrected chi connectivity index (χ0v) is 12.1. The van der Waals surface area contributed by atoms with Gasteiger partial charge in [-0.2, -0.15) is 11.8 Å². The number of carbonyl (C=O) groups excluding carboxylic acids is 1. The van der Waals surface area contributed by atoms with Crippen LogP contribution in [0.3, 0.4) is 0 Å². The van der Waals surface area contributed by atoms with Crippen LogP contribution in [-0.2, 0) is 4.79 Å². The van der Waals surface area contributed by atoms with Crippen LogP contribution in [0.1, 0.15) is 25.5 Å². The first-order valence-electron chi connectivity index (χ1n) is 5.14. The summed E-state index contributed by atoms with van der Waals surface area (Å²) < 4.78 is 1.03. The van der Waals surface area contributed by atoms with Gasteiger partial charge in [-0.1, -0.05) is 34.1 Å². The number of carbonyl (C=O) groups is 1. The van der Waals surface area contributed by atoms with Gasteiger partial charge < -0.3 is 5.32 Å². The quantitative estimate of drug-likeness (QED) is 0.924. The lowest BCUT2D eigenvalue weighted by atomic mass is 10.1. The molecule has 16 heavy (non-hydrogen) atoms. The molecule has 0 radical (unpaired) electrons. The lowest BCUT2D eigenvalue weighted by Crippen LogP contribution is -2.33. The zero-order valence-electron chi connectivity index (χ0n) is 9.66. The Kier molecular flexibility index (Phi) is 5.35. The summed E-state index contributed by atoms with van der Waals surface area (Å²) in [6.07, 6.45) is 1.94. The normalized spacial score (nSPS) is 14.2. The van der Waals surface area contributed by atoms with Crippen molar-refractivity contribution in [2.75, 3.05) is 6.26 Å². The fourth-order valence-electron chi connectivity index (χ4n) is 1.34. The van der Waals surface area contributed by atoms with Crippen molar-refractivity contribution in [2.24, 2.45) is 0 Å². The summed E-state index contributed by atoms with van der Waals surface area (Å²) in [6.45, 7) is 3.90. The standard InChI is InChI=1S/C12H16BrNOS/c1-8(14-12(15)9(2)16-3)10-6-4-5-7-11(10)13/h4-9H,1-3H3,(H,14,15). The van der Waals surface area contributed by atoms with Crippen LogP contribution in [0.5, 0.6) is 0 Å². The van der Waals surface area contributed by atoms with Crippen molar-refractivity contribution >= 4 is 33.6 Å². The topological polar surface area (TPSA) is 29.1 Å². The van der Waals surface area contributed by atoms with Gasteiger partial charge in [0.25, 0.3) is 0 Å². The molecule has 0 aliphatic rings. The van der Waals surface area contributed by atoms with E-state index in [1.807, 2.05) is 44.4 Å². The SMILES string of the molecule is CSC(C)C(=O)NC(C)c1ccccc1Br. The summed E-state index contributed by atoms with van der Waals surface area (Å²) in [7, 11) is 0. The summed E-state index contributed by atoms with van der Waals surface area (Å²) in [5.41, 5.74) is 1.10. The summed E-state index contributed by atoms with van der Waals surface area (Å²) in [5, 5.41) is 2.99. The Morgan fingerprint density at radius 2 is 2.00 bits per heavy atom. The molecular weight excluding hydrogens is 286 g/mol. The Labute approximate surface area is 109 Å². The Morgan fingerprint density at radius 3 is 2.56 bits per heavy atom. The van der Waals surface area contributed by atoms with Crippen molar-refractivity contribution in [1.29, 1.82) is 0 Å². The van der Waals surface area contributed by atoms with Crippen LogP contribution in [0.15, 0.2) is 28.7 Å². The number of hydrogen-bond donors (Lipinski definition) is 1. The molecule has 0 saturated carbocycles. The second kappa shape index (κ2) is 6.30. The van der Waals surface area contributed by atoms with E-state index >= 15 is 0 Å². The molecule has 88 valence electrons. The molecular formula is C12H16BrNOS. The fourth-order valence-corrected chi connectivity index (χ4v) is 2.25. The highest BCUT2D eigenvalue weighted by Gasteiger charge is 2.16. The molecule has 2 atom stereocenters. The van der Waals surface area contributed by atoms with E-state index in [9.17, 15) is 4.79 Å². The summed E-state index contributed by atoms with van der Waals surface area (Å²) in [4.78, 5) is 11.7. The highest BCUT2D eigenvalue weighted by molar-refractivity contribution is 9.10. The number of amides is 1. The van der Waals surface area contributed by atoms with Crippen LogP contribution in [0, 0.1) is 0 Å². The molecule has 1 N–H and O–H groups in total.